The van der Waals surface area contributed by atoms with Crippen molar-refractivity contribution in [3.05, 3.63) is 35.9 Å². The summed E-state index contributed by atoms with van der Waals surface area (Å²) in [7, 11) is 0. The Morgan fingerprint density at radius 3 is 2.50 bits per heavy atom. The normalized spacial score (nSPS) is 13.0. The van der Waals surface area contributed by atoms with E-state index in [1.54, 1.807) is 0 Å². The van der Waals surface area contributed by atoms with Gasteiger partial charge in [0.2, 0.25) is 0 Å². The molecule has 0 aliphatic rings. The molecule has 0 fully saturated rings. The van der Waals surface area contributed by atoms with Crippen LogP contribution in [0.25, 0.3) is 0 Å². The Morgan fingerprint density at radius 2 is 1.88 bits per heavy atom. The first kappa shape index (κ1) is 13.5. The first-order valence-electron chi connectivity index (χ1n) is 5.96. The molecule has 0 radical (unpaired) electrons. The molecule has 1 rings (SSSR count). The Morgan fingerprint density at radius 1 is 1.19 bits per heavy atom. The second-order valence-electron chi connectivity index (χ2n) is 4.44. The van der Waals surface area contributed by atoms with Crippen LogP contribution >= 0.6 is 11.6 Å². The summed E-state index contributed by atoms with van der Waals surface area (Å²) in [5.41, 5.74) is 1.23. The minimum absolute atomic E-state index is 0.278. The van der Waals surface area contributed by atoms with Crippen LogP contribution in [0.15, 0.2) is 30.3 Å². The van der Waals surface area contributed by atoms with Gasteiger partial charge < -0.3 is 4.74 Å². The lowest BCUT2D eigenvalue weighted by molar-refractivity contribution is 0.116. The molecule has 2 heteroatoms. The van der Waals surface area contributed by atoms with E-state index in [2.05, 4.69) is 26.0 Å². The van der Waals surface area contributed by atoms with E-state index < -0.39 is 0 Å². The molecule has 1 aromatic carbocycles. The van der Waals surface area contributed by atoms with Crippen LogP contribution in [0.5, 0.6) is 0 Å². The fourth-order valence-electron chi connectivity index (χ4n) is 1.48. The van der Waals surface area contributed by atoms with Crippen molar-refractivity contribution >= 4 is 11.6 Å². The standard InChI is InChI=1S/C14H21ClO/c1-12(2)14(15)9-6-10-16-11-13-7-4-3-5-8-13/h3-5,7-8,12,14H,6,9-11H2,1-2H3. The largest absolute Gasteiger partial charge is 0.377 e. The Kier molecular flexibility index (Phi) is 6.51. The van der Waals surface area contributed by atoms with Gasteiger partial charge >= 0.3 is 0 Å². The molecule has 0 bridgehead atoms. The molecule has 0 N–H and O–H groups in total. The average molecular weight is 241 g/mol. The molecule has 0 saturated heterocycles. The molecular formula is C14H21ClO. The van der Waals surface area contributed by atoms with E-state index in [1.807, 2.05) is 18.2 Å². The summed E-state index contributed by atoms with van der Waals surface area (Å²) in [4.78, 5) is 0. The molecule has 0 aliphatic carbocycles. The Hall–Kier alpha value is -0.530. The molecule has 90 valence electrons. The molecule has 1 atom stereocenters. The van der Waals surface area contributed by atoms with E-state index in [-0.39, 0.29) is 5.38 Å². The van der Waals surface area contributed by atoms with Crippen LogP contribution in [-0.2, 0) is 11.3 Å². The maximum atomic E-state index is 6.16. The van der Waals surface area contributed by atoms with Gasteiger partial charge in [0.15, 0.2) is 0 Å². The minimum Gasteiger partial charge on any atom is -0.377 e. The van der Waals surface area contributed by atoms with Crippen molar-refractivity contribution in [2.45, 2.75) is 38.7 Å². The zero-order valence-corrected chi connectivity index (χ0v) is 10.9. The van der Waals surface area contributed by atoms with Gasteiger partial charge in [-0.15, -0.1) is 11.6 Å². The maximum absolute atomic E-state index is 6.16. The molecule has 0 heterocycles. The van der Waals surface area contributed by atoms with Crippen LogP contribution in [0.4, 0.5) is 0 Å². The highest BCUT2D eigenvalue weighted by Crippen LogP contribution is 2.15. The molecule has 0 saturated carbocycles. The second-order valence-corrected chi connectivity index (χ2v) is 5.00. The van der Waals surface area contributed by atoms with E-state index in [0.29, 0.717) is 12.5 Å². The SMILES string of the molecule is CC(C)C(Cl)CCCOCc1ccccc1. The van der Waals surface area contributed by atoms with Gasteiger partial charge in [0.05, 0.1) is 6.61 Å². The van der Waals surface area contributed by atoms with Crippen molar-refractivity contribution in [2.75, 3.05) is 6.61 Å². The van der Waals surface area contributed by atoms with Crippen molar-refractivity contribution in [2.24, 2.45) is 5.92 Å². The number of rotatable bonds is 7. The summed E-state index contributed by atoms with van der Waals surface area (Å²) in [6, 6.07) is 10.2. The molecule has 0 amide bonds. The quantitative estimate of drug-likeness (QED) is 0.512. The molecule has 1 aromatic rings. The van der Waals surface area contributed by atoms with Crippen molar-refractivity contribution in [3.63, 3.8) is 0 Å². The van der Waals surface area contributed by atoms with Gasteiger partial charge in [-0.25, -0.2) is 0 Å². The lowest BCUT2D eigenvalue weighted by Crippen LogP contribution is -2.08. The van der Waals surface area contributed by atoms with Gasteiger partial charge in [0.25, 0.3) is 0 Å². The number of hydrogen-bond donors (Lipinski definition) is 0. The van der Waals surface area contributed by atoms with Crippen molar-refractivity contribution < 1.29 is 4.74 Å². The molecular weight excluding hydrogens is 220 g/mol. The highest BCUT2D eigenvalue weighted by molar-refractivity contribution is 6.20. The second kappa shape index (κ2) is 7.70. The summed E-state index contributed by atoms with van der Waals surface area (Å²) in [6.45, 7) is 5.81. The van der Waals surface area contributed by atoms with Gasteiger partial charge in [-0.05, 0) is 24.3 Å². The van der Waals surface area contributed by atoms with Crippen LogP contribution in [-0.4, -0.2) is 12.0 Å². The van der Waals surface area contributed by atoms with Crippen molar-refractivity contribution in [1.29, 1.82) is 0 Å². The van der Waals surface area contributed by atoms with Crippen LogP contribution in [0.2, 0.25) is 0 Å². The summed E-state index contributed by atoms with van der Waals surface area (Å²) >= 11 is 6.16. The van der Waals surface area contributed by atoms with Gasteiger partial charge in [-0.2, -0.15) is 0 Å². The number of ether oxygens (including phenoxy) is 1. The first-order chi connectivity index (χ1) is 7.70. The van der Waals surface area contributed by atoms with E-state index in [0.717, 1.165) is 19.4 Å². The average Bonchev–Trinajstić information content (AvgIpc) is 2.29. The van der Waals surface area contributed by atoms with Crippen molar-refractivity contribution in [1.82, 2.24) is 0 Å². The zero-order valence-electron chi connectivity index (χ0n) is 10.2. The lowest BCUT2D eigenvalue weighted by Gasteiger charge is -2.12. The number of halogens is 1. The lowest BCUT2D eigenvalue weighted by atomic mass is 10.1. The fourth-order valence-corrected chi connectivity index (χ4v) is 1.63. The van der Waals surface area contributed by atoms with Crippen molar-refractivity contribution in [3.8, 4) is 0 Å². The third-order valence-electron chi connectivity index (χ3n) is 2.60. The first-order valence-corrected chi connectivity index (χ1v) is 6.39. The summed E-state index contributed by atoms with van der Waals surface area (Å²) in [5, 5.41) is 0.278. The number of benzene rings is 1. The predicted octanol–water partition coefficient (Wildman–Crippen LogP) is 4.25. The maximum Gasteiger partial charge on any atom is 0.0716 e. The van der Waals surface area contributed by atoms with Gasteiger partial charge in [0, 0.05) is 12.0 Å². The van der Waals surface area contributed by atoms with Crippen LogP contribution in [0.1, 0.15) is 32.3 Å². The Bertz CT molecular complexity index is 271. The Labute approximate surface area is 104 Å². The number of hydrogen-bond acceptors (Lipinski definition) is 1. The van der Waals surface area contributed by atoms with Gasteiger partial charge in [-0.1, -0.05) is 44.2 Å². The molecule has 1 unspecified atom stereocenters. The molecule has 0 aromatic heterocycles. The third-order valence-corrected chi connectivity index (χ3v) is 3.33. The molecule has 1 nitrogen and oxygen atoms in total. The summed E-state index contributed by atoms with van der Waals surface area (Å²) in [5.74, 6) is 0.552. The van der Waals surface area contributed by atoms with Gasteiger partial charge in [0.1, 0.15) is 0 Å². The highest BCUT2D eigenvalue weighted by Gasteiger charge is 2.08. The van der Waals surface area contributed by atoms with E-state index in [1.165, 1.54) is 5.56 Å². The monoisotopic (exact) mass is 240 g/mol. The molecule has 0 aliphatic heterocycles. The fraction of sp³-hybridized carbons (Fsp3) is 0.571. The third kappa shape index (κ3) is 5.53. The predicted molar refractivity (Wildman–Crippen MR) is 69.8 cm³/mol. The zero-order chi connectivity index (χ0) is 11.8. The van der Waals surface area contributed by atoms with Gasteiger partial charge in [-0.3, -0.25) is 0 Å². The molecule has 16 heavy (non-hydrogen) atoms. The van der Waals surface area contributed by atoms with Crippen LogP contribution in [0.3, 0.4) is 0 Å². The minimum atomic E-state index is 0.278. The van der Waals surface area contributed by atoms with E-state index in [4.69, 9.17) is 16.3 Å². The Balaban J connectivity index is 2.04. The topological polar surface area (TPSA) is 9.23 Å². The smallest absolute Gasteiger partial charge is 0.0716 e. The molecule has 0 spiro atoms. The van der Waals surface area contributed by atoms with Crippen LogP contribution in [0, 0.1) is 5.92 Å². The summed E-state index contributed by atoms with van der Waals surface area (Å²) < 4.78 is 5.59. The van der Waals surface area contributed by atoms with E-state index >= 15 is 0 Å². The summed E-state index contributed by atoms with van der Waals surface area (Å²) in [6.07, 6.45) is 2.08. The van der Waals surface area contributed by atoms with Crippen LogP contribution < -0.4 is 0 Å². The highest BCUT2D eigenvalue weighted by atomic mass is 35.5. The van der Waals surface area contributed by atoms with E-state index in [9.17, 15) is 0 Å². The number of alkyl halides is 1.